The Morgan fingerprint density at radius 2 is 2.32 bits per heavy atom. The molecule has 104 valence electrons. The maximum atomic E-state index is 11.5. The molecule has 1 saturated heterocycles. The van der Waals surface area contributed by atoms with Gasteiger partial charge in [0.2, 0.25) is 5.91 Å². The molecule has 1 aliphatic rings. The molecule has 2 atom stereocenters. The second-order valence-electron chi connectivity index (χ2n) is 5.06. The standard InChI is InChI=1S/C15H22N2O2/c1-11(12-5-3-7-14(9-12)19-2)17-13-6-4-8-16-15(18)10-13/h3,5,7,9,11,13,17H,4,6,8,10H2,1-2H3,(H,16,18). The highest BCUT2D eigenvalue weighted by Crippen LogP contribution is 2.20. The van der Waals surface area contributed by atoms with E-state index >= 15 is 0 Å². The van der Waals surface area contributed by atoms with Crippen LogP contribution in [-0.2, 0) is 4.79 Å². The normalized spacial score (nSPS) is 21.4. The number of benzene rings is 1. The molecule has 1 amide bonds. The quantitative estimate of drug-likeness (QED) is 0.872. The van der Waals surface area contributed by atoms with Crippen molar-refractivity contribution in [1.29, 1.82) is 0 Å². The van der Waals surface area contributed by atoms with Gasteiger partial charge in [0.1, 0.15) is 5.75 Å². The zero-order valence-corrected chi connectivity index (χ0v) is 11.6. The molecule has 4 heteroatoms. The Morgan fingerprint density at radius 1 is 1.47 bits per heavy atom. The predicted molar refractivity (Wildman–Crippen MR) is 75.2 cm³/mol. The molecule has 1 aromatic carbocycles. The Balaban J connectivity index is 1.98. The first kappa shape index (κ1) is 13.9. The van der Waals surface area contributed by atoms with E-state index in [1.54, 1.807) is 7.11 Å². The van der Waals surface area contributed by atoms with Gasteiger partial charge in [-0.25, -0.2) is 0 Å². The third kappa shape index (κ3) is 3.96. The lowest BCUT2D eigenvalue weighted by atomic mass is 10.0. The number of ether oxygens (including phenoxy) is 1. The van der Waals surface area contributed by atoms with Gasteiger partial charge in [-0.05, 0) is 37.5 Å². The molecular formula is C15H22N2O2. The molecule has 1 aliphatic heterocycles. The number of carbonyl (C=O) groups is 1. The largest absolute Gasteiger partial charge is 0.497 e. The topological polar surface area (TPSA) is 50.4 Å². The van der Waals surface area contributed by atoms with Crippen LogP contribution in [0.2, 0.25) is 0 Å². The number of amides is 1. The maximum absolute atomic E-state index is 11.5. The highest BCUT2D eigenvalue weighted by molar-refractivity contribution is 5.76. The zero-order chi connectivity index (χ0) is 13.7. The van der Waals surface area contributed by atoms with Crippen molar-refractivity contribution in [2.45, 2.75) is 38.3 Å². The number of rotatable bonds is 4. The summed E-state index contributed by atoms with van der Waals surface area (Å²) in [7, 11) is 1.67. The lowest BCUT2D eigenvalue weighted by Crippen LogP contribution is -2.34. The molecule has 0 saturated carbocycles. The monoisotopic (exact) mass is 262 g/mol. The minimum atomic E-state index is 0.146. The maximum Gasteiger partial charge on any atom is 0.221 e. The van der Waals surface area contributed by atoms with Crippen molar-refractivity contribution in [1.82, 2.24) is 10.6 Å². The molecule has 2 N–H and O–H groups in total. The van der Waals surface area contributed by atoms with Gasteiger partial charge in [-0.15, -0.1) is 0 Å². The van der Waals surface area contributed by atoms with Crippen LogP contribution in [0.4, 0.5) is 0 Å². The van der Waals surface area contributed by atoms with Crippen molar-refractivity contribution < 1.29 is 9.53 Å². The zero-order valence-electron chi connectivity index (χ0n) is 11.6. The fourth-order valence-electron chi connectivity index (χ4n) is 2.48. The highest BCUT2D eigenvalue weighted by atomic mass is 16.5. The van der Waals surface area contributed by atoms with Gasteiger partial charge >= 0.3 is 0 Å². The Bertz CT molecular complexity index is 434. The lowest BCUT2D eigenvalue weighted by Gasteiger charge is -2.22. The van der Waals surface area contributed by atoms with E-state index in [1.807, 2.05) is 18.2 Å². The van der Waals surface area contributed by atoms with E-state index in [2.05, 4.69) is 23.6 Å². The fourth-order valence-corrected chi connectivity index (χ4v) is 2.48. The summed E-state index contributed by atoms with van der Waals surface area (Å²) in [5.74, 6) is 1.01. The van der Waals surface area contributed by atoms with Crippen LogP contribution in [0, 0.1) is 0 Å². The van der Waals surface area contributed by atoms with Gasteiger partial charge < -0.3 is 15.4 Å². The first-order valence-corrected chi connectivity index (χ1v) is 6.85. The second kappa shape index (κ2) is 6.57. The Hall–Kier alpha value is -1.55. The smallest absolute Gasteiger partial charge is 0.221 e. The average Bonchev–Trinajstić information content (AvgIpc) is 2.63. The molecule has 1 heterocycles. The van der Waals surface area contributed by atoms with Crippen molar-refractivity contribution in [3.05, 3.63) is 29.8 Å². The van der Waals surface area contributed by atoms with Gasteiger partial charge in [0.25, 0.3) is 0 Å². The molecule has 19 heavy (non-hydrogen) atoms. The molecule has 2 rings (SSSR count). The average molecular weight is 262 g/mol. The third-order valence-electron chi connectivity index (χ3n) is 3.56. The van der Waals surface area contributed by atoms with E-state index in [0.29, 0.717) is 6.42 Å². The van der Waals surface area contributed by atoms with Crippen molar-refractivity contribution in [2.75, 3.05) is 13.7 Å². The summed E-state index contributed by atoms with van der Waals surface area (Å²) in [5, 5.41) is 6.45. The molecule has 0 radical (unpaired) electrons. The molecule has 0 bridgehead atoms. The van der Waals surface area contributed by atoms with Gasteiger partial charge in [0, 0.05) is 25.0 Å². The molecule has 0 aromatic heterocycles. The number of nitrogens with one attached hydrogen (secondary N) is 2. The second-order valence-corrected chi connectivity index (χ2v) is 5.06. The molecule has 1 aromatic rings. The third-order valence-corrected chi connectivity index (χ3v) is 3.56. The first-order valence-electron chi connectivity index (χ1n) is 6.85. The van der Waals surface area contributed by atoms with E-state index in [4.69, 9.17) is 4.74 Å². The van der Waals surface area contributed by atoms with E-state index in [1.165, 1.54) is 5.56 Å². The molecule has 2 unspecified atom stereocenters. The Kier molecular flexibility index (Phi) is 4.80. The summed E-state index contributed by atoms with van der Waals surface area (Å²) in [5.41, 5.74) is 1.18. The summed E-state index contributed by atoms with van der Waals surface area (Å²) in [6.07, 6.45) is 2.63. The van der Waals surface area contributed by atoms with Crippen molar-refractivity contribution in [3.63, 3.8) is 0 Å². The van der Waals surface area contributed by atoms with Gasteiger partial charge in [-0.1, -0.05) is 12.1 Å². The van der Waals surface area contributed by atoms with Crippen LogP contribution in [-0.4, -0.2) is 25.6 Å². The molecular weight excluding hydrogens is 240 g/mol. The molecule has 1 fully saturated rings. The van der Waals surface area contributed by atoms with E-state index in [-0.39, 0.29) is 18.0 Å². The van der Waals surface area contributed by atoms with Gasteiger partial charge in [0.05, 0.1) is 7.11 Å². The van der Waals surface area contributed by atoms with Crippen LogP contribution in [0.15, 0.2) is 24.3 Å². The fraction of sp³-hybridized carbons (Fsp3) is 0.533. The van der Waals surface area contributed by atoms with E-state index in [9.17, 15) is 4.79 Å². The van der Waals surface area contributed by atoms with Crippen LogP contribution in [0.1, 0.15) is 37.8 Å². The minimum Gasteiger partial charge on any atom is -0.497 e. The highest BCUT2D eigenvalue weighted by Gasteiger charge is 2.19. The van der Waals surface area contributed by atoms with Crippen molar-refractivity contribution >= 4 is 5.91 Å². The van der Waals surface area contributed by atoms with E-state index < -0.39 is 0 Å². The number of hydrogen-bond acceptors (Lipinski definition) is 3. The Labute approximate surface area is 114 Å². The van der Waals surface area contributed by atoms with E-state index in [0.717, 1.165) is 25.1 Å². The van der Waals surface area contributed by atoms with Crippen LogP contribution < -0.4 is 15.4 Å². The van der Waals surface area contributed by atoms with Gasteiger partial charge in [-0.3, -0.25) is 4.79 Å². The van der Waals surface area contributed by atoms with Gasteiger partial charge in [-0.2, -0.15) is 0 Å². The minimum absolute atomic E-state index is 0.146. The van der Waals surface area contributed by atoms with Crippen LogP contribution in [0.25, 0.3) is 0 Å². The number of methoxy groups -OCH3 is 1. The first-order chi connectivity index (χ1) is 9.19. The summed E-state index contributed by atoms with van der Waals surface area (Å²) in [4.78, 5) is 11.5. The summed E-state index contributed by atoms with van der Waals surface area (Å²) in [6, 6.07) is 8.52. The Morgan fingerprint density at radius 3 is 3.11 bits per heavy atom. The SMILES string of the molecule is COc1cccc(C(C)NC2CCCNC(=O)C2)c1. The van der Waals surface area contributed by atoms with Crippen molar-refractivity contribution in [2.24, 2.45) is 0 Å². The van der Waals surface area contributed by atoms with Crippen LogP contribution in [0.3, 0.4) is 0 Å². The number of hydrogen-bond donors (Lipinski definition) is 2. The summed E-state index contributed by atoms with van der Waals surface area (Å²) >= 11 is 0. The number of carbonyl (C=O) groups excluding carboxylic acids is 1. The summed E-state index contributed by atoms with van der Waals surface area (Å²) < 4.78 is 5.24. The summed E-state index contributed by atoms with van der Waals surface area (Å²) in [6.45, 7) is 2.92. The molecule has 4 nitrogen and oxygen atoms in total. The van der Waals surface area contributed by atoms with Gasteiger partial charge in [0.15, 0.2) is 0 Å². The molecule has 0 aliphatic carbocycles. The lowest BCUT2D eigenvalue weighted by molar-refractivity contribution is -0.121. The predicted octanol–water partition coefficient (Wildman–Crippen LogP) is 2.01. The van der Waals surface area contributed by atoms with Crippen LogP contribution in [0.5, 0.6) is 5.75 Å². The van der Waals surface area contributed by atoms with Crippen molar-refractivity contribution in [3.8, 4) is 5.75 Å². The molecule has 0 spiro atoms. The van der Waals surface area contributed by atoms with Crippen LogP contribution >= 0.6 is 0 Å².